The third kappa shape index (κ3) is 6.52. The van der Waals surface area contributed by atoms with Crippen LogP contribution in [0.5, 0.6) is 0 Å². The average molecular weight is 278 g/mol. The van der Waals surface area contributed by atoms with Gasteiger partial charge < -0.3 is 10.6 Å². The zero-order valence-electron chi connectivity index (χ0n) is 12.8. The number of rotatable bonds is 9. The van der Waals surface area contributed by atoms with E-state index in [0.717, 1.165) is 43.9 Å². The standard InChI is InChI=1S/C15H26N4O/c1-4-8-16-14-7-6-13(10-18-14)11-19(3)12-15(20)17-9-5-2/h6-7,10H,4-5,8-9,11-12H2,1-3H3,(H,16,18)(H,17,20). The van der Waals surface area contributed by atoms with E-state index in [4.69, 9.17) is 0 Å². The summed E-state index contributed by atoms with van der Waals surface area (Å²) in [5.41, 5.74) is 1.11. The van der Waals surface area contributed by atoms with E-state index in [-0.39, 0.29) is 5.91 Å². The molecular weight excluding hydrogens is 252 g/mol. The predicted molar refractivity (Wildman–Crippen MR) is 82.7 cm³/mol. The van der Waals surface area contributed by atoms with Gasteiger partial charge in [-0.2, -0.15) is 0 Å². The van der Waals surface area contributed by atoms with Gasteiger partial charge in [-0.3, -0.25) is 9.69 Å². The fraction of sp³-hybridized carbons (Fsp3) is 0.600. The fourth-order valence-corrected chi connectivity index (χ4v) is 1.81. The van der Waals surface area contributed by atoms with E-state index in [2.05, 4.69) is 22.5 Å². The third-order valence-electron chi connectivity index (χ3n) is 2.82. The van der Waals surface area contributed by atoms with E-state index in [1.807, 2.05) is 37.2 Å². The molecule has 0 aliphatic carbocycles. The van der Waals surface area contributed by atoms with E-state index in [1.165, 1.54) is 0 Å². The second-order valence-corrected chi connectivity index (χ2v) is 5.00. The SMILES string of the molecule is CCCNC(=O)CN(C)Cc1ccc(NCCC)nc1. The topological polar surface area (TPSA) is 57.3 Å². The van der Waals surface area contributed by atoms with Gasteiger partial charge in [0.15, 0.2) is 0 Å². The first-order valence-electron chi connectivity index (χ1n) is 7.29. The second kappa shape index (κ2) is 9.31. The largest absolute Gasteiger partial charge is 0.370 e. The zero-order chi connectivity index (χ0) is 14.8. The Balaban J connectivity index is 2.37. The van der Waals surface area contributed by atoms with Crippen LogP contribution in [0.15, 0.2) is 18.3 Å². The minimum absolute atomic E-state index is 0.0727. The number of aromatic nitrogens is 1. The van der Waals surface area contributed by atoms with Gasteiger partial charge in [-0.25, -0.2) is 4.98 Å². The maximum absolute atomic E-state index is 11.6. The van der Waals surface area contributed by atoms with Crippen molar-refractivity contribution in [3.63, 3.8) is 0 Å². The molecule has 2 N–H and O–H groups in total. The summed E-state index contributed by atoms with van der Waals surface area (Å²) in [4.78, 5) is 17.9. The summed E-state index contributed by atoms with van der Waals surface area (Å²) >= 11 is 0. The molecule has 1 rings (SSSR count). The number of amides is 1. The van der Waals surface area contributed by atoms with E-state index in [1.54, 1.807) is 0 Å². The number of hydrogen-bond acceptors (Lipinski definition) is 4. The van der Waals surface area contributed by atoms with Crippen LogP contribution in [0.2, 0.25) is 0 Å². The van der Waals surface area contributed by atoms with Crippen LogP contribution in [0, 0.1) is 0 Å². The van der Waals surface area contributed by atoms with Crippen molar-refractivity contribution >= 4 is 11.7 Å². The molecule has 0 atom stereocenters. The Kier molecular flexibility index (Phi) is 7.65. The molecule has 112 valence electrons. The van der Waals surface area contributed by atoms with Gasteiger partial charge >= 0.3 is 0 Å². The fourth-order valence-electron chi connectivity index (χ4n) is 1.81. The highest BCUT2D eigenvalue weighted by atomic mass is 16.2. The van der Waals surface area contributed by atoms with Gasteiger partial charge in [-0.1, -0.05) is 19.9 Å². The minimum atomic E-state index is 0.0727. The van der Waals surface area contributed by atoms with Crippen LogP contribution in [-0.2, 0) is 11.3 Å². The van der Waals surface area contributed by atoms with Gasteiger partial charge in [0.25, 0.3) is 0 Å². The Morgan fingerprint density at radius 3 is 2.60 bits per heavy atom. The van der Waals surface area contributed by atoms with Crippen LogP contribution in [0.25, 0.3) is 0 Å². The Morgan fingerprint density at radius 2 is 2.00 bits per heavy atom. The number of nitrogens with one attached hydrogen (secondary N) is 2. The Labute approximate surface area is 121 Å². The maximum Gasteiger partial charge on any atom is 0.234 e. The molecule has 0 fully saturated rings. The predicted octanol–water partition coefficient (Wildman–Crippen LogP) is 1.86. The highest BCUT2D eigenvalue weighted by Crippen LogP contribution is 2.07. The second-order valence-electron chi connectivity index (χ2n) is 5.00. The summed E-state index contributed by atoms with van der Waals surface area (Å²) in [7, 11) is 1.94. The van der Waals surface area contributed by atoms with Gasteiger partial charge in [0, 0.05) is 25.8 Å². The van der Waals surface area contributed by atoms with Crippen LogP contribution < -0.4 is 10.6 Å². The highest BCUT2D eigenvalue weighted by Gasteiger charge is 2.06. The molecule has 1 aromatic heterocycles. The average Bonchev–Trinajstić information content (AvgIpc) is 2.44. The lowest BCUT2D eigenvalue weighted by atomic mass is 10.2. The lowest BCUT2D eigenvalue weighted by Crippen LogP contribution is -2.35. The van der Waals surface area contributed by atoms with Crippen LogP contribution in [-0.4, -0.2) is 42.5 Å². The molecule has 0 radical (unpaired) electrons. The van der Waals surface area contributed by atoms with Gasteiger partial charge in [0.2, 0.25) is 5.91 Å². The van der Waals surface area contributed by atoms with Crippen molar-refractivity contribution in [2.24, 2.45) is 0 Å². The smallest absolute Gasteiger partial charge is 0.234 e. The Hall–Kier alpha value is -1.62. The minimum Gasteiger partial charge on any atom is -0.370 e. The van der Waals surface area contributed by atoms with E-state index >= 15 is 0 Å². The summed E-state index contributed by atoms with van der Waals surface area (Å²) in [6.07, 6.45) is 3.91. The van der Waals surface area contributed by atoms with Crippen molar-refractivity contribution in [3.8, 4) is 0 Å². The molecule has 0 saturated heterocycles. The molecule has 5 heteroatoms. The molecule has 5 nitrogen and oxygen atoms in total. The summed E-state index contributed by atoms with van der Waals surface area (Å²) < 4.78 is 0. The maximum atomic E-state index is 11.6. The number of likely N-dealkylation sites (N-methyl/N-ethyl adjacent to an activating group) is 1. The molecule has 0 aliphatic rings. The molecule has 20 heavy (non-hydrogen) atoms. The molecule has 0 aromatic carbocycles. The quantitative estimate of drug-likeness (QED) is 0.724. The molecule has 0 saturated carbocycles. The first-order valence-corrected chi connectivity index (χ1v) is 7.29. The molecule has 0 spiro atoms. The number of carbonyl (C=O) groups excluding carboxylic acids is 1. The third-order valence-corrected chi connectivity index (χ3v) is 2.82. The van der Waals surface area contributed by atoms with E-state index in [9.17, 15) is 4.79 Å². The van der Waals surface area contributed by atoms with Crippen LogP contribution >= 0.6 is 0 Å². The molecule has 0 unspecified atom stereocenters. The van der Waals surface area contributed by atoms with Crippen LogP contribution in [0.4, 0.5) is 5.82 Å². The number of hydrogen-bond donors (Lipinski definition) is 2. The van der Waals surface area contributed by atoms with Gasteiger partial charge in [-0.15, -0.1) is 0 Å². The van der Waals surface area contributed by atoms with Gasteiger partial charge in [0.1, 0.15) is 5.82 Å². The highest BCUT2D eigenvalue weighted by molar-refractivity contribution is 5.77. The molecule has 1 amide bonds. The number of anilines is 1. The normalized spacial score (nSPS) is 10.6. The van der Waals surface area contributed by atoms with Crippen LogP contribution in [0.3, 0.4) is 0 Å². The molecule has 1 aromatic rings. The van der Waals surface area contributed by atoms with Crippen LogP contribution in [0.1, 0.15) is 32.3 Å². The van der Waals surface area contributed by atoms with Crippen molar-refractivity contribution in [1.82, 2.24) is 15.2 Å². The number of nitrogens with zero attached hydrogens (tertiary/aromatic N) is 2. The summed E-state index contributed by atoms with van der Waals surface area (Å²) in [6, 6.07) is 4.03. The van der Waals surface area contributed by atoms with Crippen molar-refractivity contribution in [3.05, 3.63) is 23.9 Å². The summed E-state index contributed by atoms with van der Waals surface area (Å²) in [6.45, 7) is 6.98. The zero-order valence-corrected chi connectivity index (χ0v) is 12.8. The van der Waals surface area contributed by atoms with Crippen molar-refractivity contribution in [2.45, 2.75) is 33.2 Å². The number of carbonyl (C=O) groups is 1. The van der Waals surface area contributed by atoms with Crippen molar-refractivity contribution < 1.29 is 4.79 Å². The molecule has 0 bridgehead atoms. The monoisotopic (exact) mass is 278 g/mol. The van der Waals surface area contributed by atoms with E-state index < -0.39 is 0 Å². The van der Waals surface area contributed by atoms with E-state index in [0.29, 0.717) is 6.54 Å². The first-order chi connectivity index (χ1) is 9.65. The van der Waals surface area contributed by atoms with Gasteiger partial charge in [-0.05, 0) is 31.5 Å². The van der Waals surface area contributed by atoms with Crippen molar-refractivity contribution in [1.29, 1.82) is 0 Å². The van der Waals surface area contributed by atoms with Gasteiger partial charge in [0.05, 0.1) is 6.54 Å². The summed E-state index contributed by atoms with van der Waals surface area (Å²) in [5.74, 6) is 0.975. The lowest BCUT2D eigenvalue weighted by Gasteiger charge is -2.16. The summed E-state index contributed by atoms with van der Waals surface area (Å²) in [5, 5.41) is 6.12. The molecular formula is C15H26N4O. The lowest BCUT2D eigenvalue weighted by molar-refractivity contribution is -0.122. The molecule has 1 heterocycles. The Morgan fingerprint density at radius 1 is 1.25 bits per heavy atom. The Bertz CT molecular complexity index is 391. The molecule has 0 aliphatic heterocycles. The van der Waals surface area contributed by atoms with Crippen molar-refractivity contribution in [2.75, 3.05) is 32.0 Å². The number of pyridine rings is 1. The first kappa shape index (κ1) is 16.4.